The SMILES string of the molecule is Cc1cc(C)c2oc(-c3ccc(Cl)cc3)c/c(=N/O)c2c1. The molecule has 0 amide bonds. The van der Waals surface area contributed by atoms with Crippen molar-refractivity contribution < 1.29 is 9.62 Å². The van der Waals surface area contributed by atoms with E-state index in [1.54, 1.807) is 18.2 Å². The molecule has 3 nitrogen and oxygen atoms in total. The van der Waals surface area contributed by atoms with Crippen molar-refractivity contribution in [1.29, 1.82) is 0 Å². The van der Waals surface area contributed by atoms with Crippen LogP contribution in [0.25, 0.3) is 22.3 Å². The second-order valence-electron chi connectivity index (χ2n) is 5.06. The van der Waals surface area contributed by atoms with Gasteiger partial charge in [0, 0.05) is 22.0 Å². The van der Waals surface area contributed by atoms with Crippen molar-refractivity contribution in [3.8, 4) is 11.3 Å². The van der Waals surface area contributed by atoms with Gasteiger partial charge in [-0.1, -0.05) is 22.8 Å². The third-order valence-electron chi connectivity index (χ3n) is 3.41. The topological polar surface area (TPSA) is 45.7 Å². The molecular formula is C17H14ClNO2. The van der Waals surface area contributed by atoms with Gasteiger partial charge in [0.2, 0.25) is 0 Å². The largest absolute Gasteiger partial charge is 0.456 e. The minimum absolute atomic E-state index is 0.494. The Bertz CT molecular complexity index is 880. The highest BCUT2D eigenvalue weighted by atomic mass is 35.5. The summed E-state index contributed by atoms with van der Waals surface area (Å²) in [4.78, 5) is 0. The van der Waals surface area contributed by atoms with Gasteiger partial charge >= 0.3 is 0 Å². The van der Waals surface area contributed by atoms with E-state index in [9.17, 15) is 5.21 Å². The number of nitrogens with zero attached hydrogens (tertiary/aromatic N) is 1. The maximum Gasteiger partial charge on any atom is 0.139 e. The summed E-state index contributed by atoms with van der Waals surface area (Å²) < 4.78 is 6.00. The predicted octanol–water partition coefficient (Wildman–Crippen LogP) is 4.66. The molecule has 0 fully saturated rings. The van der Waals surface area contributed by atoms with E-state index >= 15 is 0 Å². The van der Waals surface area contributed by atoms with Gasteiger partial charge in [0.15, 0.2) is 0 Å². The van der Waals surface area contributed by atoms with Crippen LogP contribution < -0.4 is 5.36 Å². The second-order valence-corrected chi connectivity index (χ2v) is 5.50. The molecule has 0 saturated heterocycles. The molecule has 21 heavy (non-hydrogen) atoms. The maximum absolute atomic E-state index is 9.30. The van der Waals surface area contributed by atoms with E-state index in [-0.39, 0.29) is 0 Å². The molecule has 0 radical (unpaired) electrons. The molecule has 0 bridgehead atoms. The molecule has 0 unspecified atom stereocenters. The van der Waals surface area contributed by atoms with Gasteiger partial charge in [-0.25, -0.2) is 0 Å². The summed E-state index contributed by atoms with van der Waals surface area (Å²) in [6, 6.07) is 13.1. The first-order valence-corrected chi connectivity index (χ1v) is 6.95. The van der Waals surface area contributed by atoms with Crippen LogP contribution in [0.2, 0.25) is 5.02 Å². The van der Waals surface area contributed by atoms with Crippen molar-refractivity contribution in [1.82, 2.24) is 0 Å². The highest BCUT2D eigenvalue weighted by Crippen LogP contribution is 2.26. The van der Waals surface area contributed by atoms with Crippen molar-refractivity contribution in [2.24, 2.45) is 5.16 Å². The van der Waals surface area contributed by atoms with Crippen LogP contribution in [0.4, 0.5) is 0 Å². The van der Waals surface area contributed by atoms with E-state index in [1.165, 1.54) is 0 Å². The summed E-state index contributed by atoms with van der Waals surface area (Å²) in [5.41, 5.74) is 3.71. The predicted molar refractivity (Wildman–Crippen MR) is 83.5 cm³/mol. The van der Waals surface area contributed by atoms with E-state index in [4.69, 9.17) is 16.0 Å². The molecule has 3 rings (SSSR count). The van der Waals surface area contributed by atoms with Gasteiger partial charge in [-0.05, 0) is 55.3 Å². The van der Waals surface area contributed by atoms with E-state index in [2.05, 4.69) is 5.16 Å². The first-order chi connectivity index (χ1) is 10.1. The highest BCUT2D eigenvalue weighted by Gasteiger charge is 2.09. The molecule has 3 aromatic rings. The molecule has 1 aromatic heterocycles. The van der Waals surface area contributed by atoms with Gasteiger partial charge < -0.3 is 9.62 Å². The summed E-state index contributed by atoms with van der Waals surface area (Å²) in [5.74, 6) is 0.638. The molecule has 0 aliphatic rings. The van der Waals surface area contributed by atoms with Crippen LogP contribution >= 0.6 is 11.6 Å². The van der Waals surface area contributed by atoms with Crippen molar-refractivity contribution in [3.63, 3.8) is 0 Å². The van der Waals surface area contributed by atoms with Crippen molar-refractivity contribution in [2.75, 3.05) is 0 Å². The third-order valence-corrected chi connectivity index (χ3v) is 3.66. The number of benzene rings is 2. The molecule has 0 atom stereocenters. The average Bonchev–Trinajstić information content (AvgIpc) is 2.47. The van der Waals surface area contributed by atoms with Gasteiger partial charge in [-0.15, -0.1) is 0 Å². The van der Waals surface area contributed by atoms with Crippen LogP contribution in [-0.2, 0) is 0 Å². The Labute approximate surface area is 127 Å². The molecule has 106 valence electrons. The second kappa shape index (κ2) is 5.26. The summed E-state index contributed by atoms with van der Waals surface area (Å²) in [5, 5.41) is 14.7. The number of fused-ring (bicyclic) bond motifs is 1. The van der Waals surface area contributed by atoms with Gasteiger partial charge in [-0.2, -0.15) is 0 Å². The number of halogens is 1. The third kappa shape index (κ3) is 2.52. The minimum Gasteiger partial charge on any atom is -0.456 e. The van der Waals surface area contributed by atoms with Gasteiger partial charge in [0.1, 0.15) is 16.7 Å². The Hall–Kier alpha value is -2.26. The smallest absolute Gasteiger partial charge is 0.139 e. The number of hydrogen-bond acceptors (Lipinski definition) is 3. The van der Waals surface area contributed by atoms with E-state index in [0.717, 1.165) is 27.7 Å². The normalized spacial score (nSPS) is 12.0. The fourth-order valence-corrected chi connectivity index (χ4v) is 2.59. The van der Waals surface area contributed by atoms with Crippen LogP contribution in [-0.4, -0.2) is 5.21 Å². The molecule has 0 spiro atoms. The molecule has 0 aliphatic heterocycles. The standard InChI is InChI=1S/C17H14ClNO2/c1-10-7-11(2)17-14(8-10)15(19-20)9-16(21-17)12-3-5-13(18)6-4-12/h3-9,20H,1-2H3/b19-15-. The maximum atomic E-state index is 9.30. The lowest BCUT2D eigenvalue weighted by Crippen LogP contribution is -2.04. The van der Waals surface area contributed by atoms with Crippen LogP contribution in [0.1, 0.15) is 11.1 Å². The number of aryl methyl sites for hydroxylation is 2. The summed E-state index contributed by atoms with van der Waals surface area (Å²) in [6.07, 6.45) is 0. The van der Waals surface area contributed by atoms with Crippen LogP contribution in [0.15, 0.2) is 52.0 Å². The average molecular weight is 300 g/mol. The summed E-state index contributed by atoms with van der Waals surface area (Å²) >= 11 is 5.91. The Morgan fingerprint density at radius 3 is 2.43 bits per heavy atom. The van der Waals surface area contributed by atoms with Crippen LogP contribution in [0.5, 0.6) is 0 Å². The Morgan fingerprint density at radius 1 is 1.05 bits per heavy atom. The minimum atomic E-state index is 0.494. The molecule has 2 aromatic carbocycles. The Kier molecular flexibility index (Phi) is 3.43. The zero-order chi connectivity index (χ0) is 15.0. The highest BCUT2D eigenvalue weighted by molar-refractivity contribution is 6.30. The fraction of sp³-hybridized carbons (Fsp3) is 0.118. The lowest BCUT2D eigenvalue weighted by molar-refractivity contribution is 0.302. The van der Waals surface area contributed by atoms with Crippen molar-refractivity contribution in [3.05, 3.63) is 64.0 Å². The van der Waals surface area contributed by atoms with Gasteiger partial charge in [-0.3, -0.25) is 0 Å². The van der Waals surface area contributed by atoms with Crippen LogP contribution in [0.3, 0.4) is 0 Å². The monoisotopic (exact) mass is 299 g/mol. The van der Waals surface area contributed by atoms with Crippen LogP contribution in [0, 0.1) is 13.8 Å². The van der Waals surface area contributed by atoms with Gasteiger partial charge in [0.25, 0.3) is 0 Å². The number of hydrogen-bond donors (Lipinski definition) is 1. The summed E-state index contributed by atoms with van der Waals surface area (Å²) in [6.45, 7) is 3.98. The first-order valence-electron chi connectivity index (χ1n) is 6.57. The van der Waals surface area contributed by atoms with E-state index in [0.29, 0.717) is 16.1 Å². The quantitative estimate of drug-likeness (QED) is 0.524. The first kappa shape index (κ1) is 13.7. The molecule has 1 heterocycles. The molecule has 1 N–H and O–H groups in total. The summed E-state index contributed by atoms with van der Waals surface area (Å²) in [7, 11) is 0. The zero-order valence-corrected chi connectivity index (χ0v) is 12.5. The molecular weight excluding hydrogens is 286 g/mol. The lowest BCUT2D eigenvalue weighted by Gasteiger charge is -2.07. The van der Waals surface area contributed by atoms with Crippen molar-refractivity contribution in [2.45, 2.75) is 13.8 Å². The molecule has 4 heteroatoms. The van der Waals surface area contributed by atoms with E-state index < -0.39 is 0 Å². The Morgan fingerprint density at radius 2 is 1.76 bits per heavy atom. The van der Waals surface area contributed by atoms with Gasteiger partial charge in [0.05, 0.1) is 0 Å². The van der Waals surface area contributed by atoms with E-state index in [1.807, 2.05) is 38.1 Å². The lowest BCUT2D eigenvalue weighted by atomic mass is 10.1. The molecule has 0 saturated carbocycles. The van der Waals surface area contributed by atoms with Crippen molar-refractivity contribution >= 4 is 22.6 Å². The Balaban J connectivity index is 2.34. The molecule has 0 aliphatic carbocycles. The zero-order valence-electron chi connectivity index (χ0n) is 11.7. The fourth-order valence-electron chi connectivity index (χ4n) is 2.46. The number of rotatable bonds is 1.